The van der Waals surface area contributed by atoms with Crippen molar-refractivity contribution in [3.05, 3.63) is 35.5 Å². The fourth-order valence-electron chi connectivity index (χ4n) is 7.63. The second-order valence-electron chi connectivity index (χ2n) is 11.3. The Kier molecular flexibility index (Phi) is 5.28. The maximum absolute atomic E-state index is 12.9. The van der Waals surface area contributed by atoms with E-state index >= 15 is 0 Å². The molecule has 2 spiro atoms. The van der Waals surface area contributed by atoms with E-state index in [0.717, 1.165) is 28.4 Å². The van der Waals surface area contributed by atoms with Gasteiger partial charge in [-0.25, -0.2) is 0 Å². The van der Waals surface area contributed by atoms with Crippen LogP contribution < -0.4 is 5.32 Å². The summed E-state index contributed by atoms with van der Waals surface area (Å²) in [4.78, 5) is 31.4. The van der Waals surface area contributed by atoms with Crippen LogP contribution in [0.3, 0.4) is 0 Å². The molecule has 1 amide bonds. The zero-order valence-electron chi connectivity index (χ0n) is 19.9. The first-order valence-electron chi connectivity index (χ1n) is 13.1. The lowest BCUT2D eigenvalue weighted by Gasteiger charge is -2.57. The minimum atomic E-state index is -0.693. The van der Waals surface area contributed by atoms with Gasteiger partial charge in [0.05, 0.1) is 5.52 Å². The molecule has 4 saturated carbocycles. The third-order valence-corrected chi connectivity index (χ3v) is 9.42. The number of piperidine rings is 1. The quantitative estimate of drug-likeness (QED) is 0.590. The van der Waals surface area contributed by atoms with Gasteiger partial charge in [-0.15, -0.1) is 0 Å². The van der Waals surface area contributed by atoms with Crippen LogP contribution in [0, 0.1) is 23.7 Å². The lowest BCUT2D eigenvalue weighted by atomic mass is 9.53. The number of nitrogens with one attached hydrogen (secondary N) is 1. The van der Waals surface area contributed by atoms with E-state index in [2.05, 4.69) is 10.3 Å². The molecule has 186 valence electrons. The minimum absolute atomic E-state index is 0.150. The molecule has 2 saturated heterocycles. The SMILES string of the molecule is O=C(CCNc1ccnc2cc(Cl)ccc12)N1CCC2(CC1)OOC1(O2)C2CC3CC(C2)CC1C3. The maximum atomic E-state index is 12.9. The number of benzene rings is 1. The van der Waals surface area contributed by atoms with Crippen molar-refractivity contribution in [3.8, 4) is 0 Å². The number of amides is 1. The summed E-state index contributed by atoms with van der Waals surface area (Å²) < 4.78 is 6.76. The molecule has 8 heteroatoms. The molecule has 8 rings (SSSR count). The normalized spacial score (nSPS) is 34.8. The Morgan fingerprint density at radius 3 is 2.54 bits per heavy atom. The number of nitrogens with zero attached hydrogens (tertiary/aromatic N) is 2. The summed E-state index contributed by atoms with van der Waals surface area (Å²) in [5.74, 6) is 1.54. The highest BCUT2D eigenvalue weighted by molar-refractivity contribution is 6.31. The monoisotopic (exact) mass is 497 g/mol. The smallest absolute Gasteiger partial charge is 0.224 e. The first kappa shape index (κ1) is 22.3. The topological polar surface area (TPSA) is 72.9 Å². The molecule has 1 aromatic heterocycles. The lowest BCUT2D eigenvalue weighted by molar-refractivity contribution is -0.390. The number of aromatic nitrogens is 1. The number of rotatable bonds is 4. The standard InChI is InChI=1S/C27H32ClN3O4/c28-21-1-2-22-23(3-7-30-24(22)16-21)29-8-4-25(32)31-9-5-26(6-10-31)33-27(35-34-26)19-12-17-11-18(14-19)15-20(27)13-17/h1-3,7,16-20H,4-6,8-15H2,(H,29,30). The highest BCUT2D eigenvalue weighted by Gasteiger charge is 2.66. The predicted molar refractivity (Wildman–Crippen MR) is 131 cm³/mol. The predicted octanol–water partition coefficient (Wildman–Crippen LogP) is 5.14. The van der Waals surface area contributed by atoms with E-state index in [4.69, 9.17) is 26.1 Å². The van der Waals surface area contributed by atoms with E-state index in [1.807, 2.05) is 29.2 Å². The van der Waals surface area contributed by atoms with Crippen LogP contribution in [-0.2, 0) is 19.3 Å². The van der Waals surface area contributed by atoms with Crippen molar-refractivity contribution in [2.75, 3.05) is 25.0 Å². The van der Waals surface area contributed by atoms with Gasteiger partial charge >= 0.3 is 0 Å². The lowest BCUT2D eigenvalue weighted by Crippen LogP contribution is -2.59. The number of halogens is 1. The van der Waals surface area contributed by atoms with Crippen LogP contribution in [0.5, 0.6) is 0 Å². The Hall–Kier alpha value is -1.93. The van der Waals surface area contributed by atoms with Gasteiger partial charge in [-0.1, -0.05) is 11.6 Å². The molecule has 0 atom stereocenters. The van der Waals surface area contributed by atoms with Gasteiger partial charge in [-0.05, 0) is 68.2 Å². The molecule has 4 aliphatic carbocycles. The zero-order chi connectivity index (χ0) is 23.6. The fourth-order valence-corrected chi connectivity index (χ4v) is 7.80. The molecule has 6 aliphatic rings. The van der Waals surface area contributed by atoms with Crippen LogP contribution in [0.15, 0.2) is 30.5 Å². The van der Waals surface area contributed by atoms with Gasteiger partial charge in [0.15, 0.2) is 0 Å². The van der Waals surface area contributed by atoms with Gasteiger partial charge in [-0.2, -0.15) is 9.78 Å². The average Bonchev–Trinajstić information content (AvgIpc) is 3.22. The second-order valence-corrected chi connectivity index (χ2v) is 11.7. The number of pyridine rings is 1. The minimum Gasteiger partial charge on any atom is -0.384 e. The molecule has 2 aliphatic heterocycles. The van der Waals surface area contributed by atoms with Crippen molar-refractivity contribution in [1.29, 1.82) is 0 Å². The van der Waals surface area contributed by atoms with Crippen LogP contribution in [0.25, 0.3) is 10.9 Å². The molecular weight excluding hydrogens is 466 g/mol. The highest BCUT2D eigenvalue weighted by atomic mass is 35.5. The van der Waals surface area contributed by atoms with Crippen LogP contribution in [0.4, 0.5) is 5.69 Å². The van der Waals surface area contributed by atoms with E-state index < -0.39 is 11.6 Å². The molecule has 0 unspecified atom stereocenters. The number of likely N-dealkylation sites (tertiary alicyclic amines) is 1. The third kappa shape index (κ3) is 3.74. The van der Waals surface area contributed by atoms with Crippen molar-refractivity contribution in [3.63, 3.8) is 0 Å². The van der Waals surface area contributed by atoms with Crippen molar-refractivity contribution in [2.45, 2.75) is 62.9 Å². The molecule has 1 aromatic carbocycles. The Labute approximate surface area is 210 Å². The molecular formula is C27H32ClN3O4. The molecule has 0 radical (unpaired) electrons. The first-order valence-corrected chi connectivity index (χ1v) is 13.5. The summed E-state index contributed by atoms with van der Waals surface area (Å²) in [6.07, 6.45) is 9.76. The summed E-state index contributed by atoms with van der Waals surface area (Å²) in [5.41, 5.74) is 1.80. The van der Waals surface area contributed by atoms with E-state index in [-0.39, 0.29) is 5.91 Å². The molecule has 35 heavy (non-hydrogen) atoms. The highest BCUT2D eigenvalue weighted by Crippen LogP contribution is 2.63. The van der Waals surface area contributed by atoms with Gasteiger partial charge in [-0.3, -0.25) is 9.78 Å². The number of anilines is 1. The molecule has 7 nitrogen and oxygen atoms in total. The Morgan fingerprint density at radius 2 is 1.80 bits per heavy atom. The van der Waals surface area contributed by atoms with Gasteiger partial charge in [0, 0.05) is 73.0 Å². The van der Waals surface area contributed by atoms with Gasteiger partial charge < -0.3 is 15.0 Å². The Bertz CT molecular complexity index is 1120. The van der Waals surface area contributed by atoms with Crippen LogP contribution in [-0.4, -0.2) is 47.0 Å². The number of hydrogen-bond acceptors (Lipinski definition) is 6. The third-order valence-electron chi connectivity index (χ3n) is 9.18. The summed E-state index contributed by atoms with van der Waals surface area (Å²) in [7, 11) is 0. The van der Waals surface area contributed by atoms with E-state index in [0.29, 0.717) is 55.8 Å². The first-order chi connectivity index (χ1) is 17.0. The maximum Gasteiger partial charge on any atom is 0.224 e. The van der Waals surface area contributed by atoms with Crippen molar-refractivity contribution >= 4 is 34.1 Å². The number of fused-ring (bicyclic) bond motifs is 1. The van der Waals surface area contributed by atoms with E-state index in [1.165, 1.54) is 32.1 Å². The summed E-state index contributed by atoms with van der Waals surface area (Å²) in [6.45, 7) is 1.83. The number of carbonyl (C=O) groups excluding carboxylic acids is 1. The Morgan fingerprint density at radius 1 is 1.06 bits per heavy atom. The Balaban J connectivity index is 0.941. The van der Waals surface area contributed by atoms with Crippen LogP contribution in [0.1, 0.15) is 51.4 Å². The zero-order valence-corrected chi connectivity index (χ0v) is 20.6. The van der Waals surface area contributed by atoms with E-state index in [9.17, 15) is 4.79 Å². The molecule has 2 aromatic rings. The van der Waals surface area contributed by atoms with Crippen LogP contribution >= 0.6 is 11.6 Å². The van der Waals surface area contributed by atoms with Crippen molar-refractivity contribution in [2.24, 2.45) is 23.7 Å². The van der Waals surface area contributed by atoms with E-state index in [1.54, 1.807) is 6.20 Å². The average molecular weight is 498 g/mol. The molecule has 4 bridgehead atoms. The molecule has 6 fully saturated rings. The van der Waals surface area contributed by atoms with Crippen molar-refractivity contribution in [1.82, 2.24) is 9.88 Å². The van der Waals surface area contributed by atoms with Gasteiger partial charge in [0.2, 0.25) is 17.5 Å². The molecule has 3 heterocycles. The summed E-state index contributed by atoms with van der Waals surface area (Å²) in [6, 6.07) is 7.59. The summed E-state index contributed by atoms with van der Waals surface area (Å²) >= 11 is 6.09. The van der Waals surface area contributed by atoms with Gasteiger partial charge in [0.25, 0.3) is 0 Å². The fraction of sp³-hybridized carbons (Fsp3) is 0.630. The largest absolute Gasteiger partial charge is 0.384 e. The number of carbonyl (C=O) groups is 1. The summed E-state index contributed by atoms with van der Waals surface area (Å²) in [5, 5.41) is 5.05. The van der Waals surface area contributed by atoms with Crippen LogP contribution in [0.2, 0.25) is 5.02 Å². The van der Waals surface area contributed by atoms with Crippen molar-refractivity contribution < 1.29 is 19.3 Å². The number of ether oxygens (including phenoxy) is 1. The number of hydrogen-bond donors (Lipinski definition) is 1. The molecule has 1 N–H and O–H groups in total. The van der Waals surface area contributed by atoms with Gasteiger partial charge in [0.1, 0.15) is 0 Å². The second kappa shape index (κ2) is 8.30.